The van der Waals surface area contributed by atoms with Gasteiger partial charge in [-0.3, -0.25) is 4.79 Å². The van der Waals surface area contributed by atoms with Gasteiger partial charge in [-0.15, -0.1) is 0 Å². The summed E-state index contributed by atoms with van der Waals surface area (Å²) in [5.74, 6) is -2.55. The van der Waals surface area contributed by atoms with E-state index in [-0.39, 0.29) is 5.56 Å². The second-order valence-corrected chi connectivity index (χ2v) is 2.02. The Hall–Kier alpha value is -1.65. The normalized spacial score (nSPS) is 9.91. The standard InChI is InChI=1S/C6H6O5/c1-2-3(7)4(8)6(10)11-5(2)9/h8-10H,1H3. The lowest BCUT2D eigenvalue weighted by atomic mass is 10.3. The molecule has 1 heterocycles. The molecule has 0 radical (unpaired) electrons. The van der Waals surface area contributed by atoms with Crippen LogP contribution >= 0.6 is 0 Å². The van der Waals surface area contributed by atoms with Crippen molar-refractivity contribution in [3.05, 3.63) is 15.8 Å². The van der Waals surface area contributed by atoms with Crippen LogP contribution < -0.4 is 5.43 Å². The van der Waals surface area contributed by atoms with E-state index >= 15 is 0 Å². The maximum atomic E-state index is 10.8. The number of hydrogen-bond acceptors (Lipinski definition) is 5. The van der Waals surface area contributed by atoms with Crippen molar-refractivity contribution in [2.24, 2.45) is 0 Å². The molecule has 0 spiro atoms. The van der Waals surface area contributed by atoms with E-state index in [4.69, 9.17) is 15.3 Å². The van der Waals surface area contributed by atoms with Gasteiger partial charge in [0.1, 0.15) is 0 Å². The van der Waals surface area contributed by atoms with Gasteiger partial charge < -0.3 is 19.7 Å². The Morgan fingerprint density at radius 1 is 1.18 bits per heavy atom. The van der Waals surface area contributed by atoms with Crippen LogP contribution in [0, 0.1) is 6.92 Å². The molecule has 11 heavy (non-hydrogen) atoms. The maximum absolute atomic E-state index is 10.8. The van der Waals surface area contributed by atoms with Crippen LogP contribution in [0.4, 0.5) is 0 Å². The van der Waals surface area contributed by atoms with Crippen LogP contribution in [0.1, 0.15) is 5.56 Å². The minimum absolute atomic E-state index is 0.139. The van der Waals surface area contributed by atoms with E-state index < -0.39 is 23.1 Å². The molecule has 1 aromatic heterocycles. The van der Waals surface area contributed by atoms with Crippen molar-refractivity contribution < 1.29 is 19.7 Å². The average Bonchev–Trinajstić information content (AvgIpc) is 1.97. The van der Waals surface area contributed by atoms with Crippen LogP contribution in [0.3, 0.4) is 0 Å². The van der Waals surface area contributed by atoms with Crippen molar-refractivity contribution >= 4 is 0 Å². The van der Waals surface area contributed by atoms with Gasteiger partial charge in [0.05, 0.1) is 5.56 Å². The van der Waals surface area contributed by atoms with Crippen LogP contribution in [0.25, 0.3) is 0 Å². The zero-order valence-corrected chi connectivity index (χ0v) is 5.66. The third kappa shape index (κ3) is 1.000. The summed E-state index contributed by atoms with van der Waals surface area (Å²) in [6, 6.07) is 0. The van der Waals surface area contributed by atoms with E-state index in [1.807, 2.05) is 0 Å². The van der Waals surface area contributed by atoms with Gasteiger partial charge in [-0.2, -0.15) is 0 Å². The highest BCUT2D eigenvalue weighted by molar-refractivity contribution is 5.35. The predicted molar refractivity (Wildman–Crippen MR) is 34.7 cm³/mol. The molecule has 0 bridgehead atoms. The molecule has 0 saturated carbocycles. The van der Waals surface area contributed by atoms with Gasteiger partial charge in [-0.05, 0) is 6.92 Å². The summed E-state index contributed by atoms with van der Waals surface area (Å²) in [5.41, 5.74) is -0.980. The lowest BCUT2D eigenvalue weighted by Crippen LogP contribution is -2.03. The van der Waals surface area contributed by atoms with Gasteiger partial charge >= 0.3 is 5.95 Å². The first-order valence-corrected chi connectivity index (χ1v) is 2.78. The molecule has 0 amide bonds. The quantitative estimate of drug-likeness (QED) is 0.496. The number of aromatic hydroxyl groups is 3. The van der Waals surface area contributed by atoms with Crippen LogP contribution in [-0.2, 0) is 0 Å². The Morgan fingerprint density at radius 3 is 2.27 bits per heavy atom. The average molecular weight is 158 g/mol. The monoisotopic (exact) mass is 158 g/mol. The molecule has 0 atom stereocenters. The second kappa shape index (κ2) is 2.19. The lowest BCUT2D eigenvalue weighted by Gasteiger charge is -1.98. The predicted octanol–water partition coefficient (Wildman–Crippen LogP) is 0.0650. The highest BCUT2D eigenvalue weighted by atomic mass is 16.5. The summed E-state index contributed by atoms with van der Waals surface area (Å²) in [7, 11) is 0. The van der Waals surface area contributed by atoms with Crippen LogP contribution in [0.15, 0.2) is 9.21 Å². The summed E-state index contributed by atoms with van der Waals surface area (Å²) in [6.07, 6.45) is 0. The van der Waals surface area contributed by atoms with E-state index in [9.17, 15) is 4.79 Å². The number of rotatable bonds is 0. The molecule has 60 valence electrons. The van der Waals surface area contributed by atoms with Crippen molar-refractivity contribution in [2.75, 3.05) is 0 Å². The van der Waals surface area contributed by atoms with Gasteiger partial charge in [-0.25, -0.2) is 0 Å². The summed E-state index contributed by atoms with van der Waals surface area (Å²) in [4.78, 5) is 10.8. The van der Waals surface area contributed by atoms with Gasteiger partial charge in [0.25, 0.3) is 5.95 Å². The summed E-state index contributed by atoms with van der Waals surface area (Å²) >= 11 is 0. The lowest BCUT2D eigenvalue weighted by molar-refractivity contribution is 0.231. The fourth-order valence-corrected chi connectivity index (χ4v) is 0.588. The zero-order chi connectivity index (χ0) is 8.59. The smallest absolute Gasteiger partial charge is 0.333 e. The molecule has 0 fully saturated rings. The second-order valence-electron chi connectivity index (χ2n) is 2.02. The molecular weight excluding hydrogens is 152 g/mol. The third-order valence-electron chi connectivity index (χ3n) is 1.27. The Balaban J connectivity index is 3.59. The van der Waals surface area contributed by atoms with Gasteiger partial charge in [0.15, 0.2) is 0 Å². The molecular formula is C6H6O5. The Bertz CT molecular complexity index is 308. The molecule has 0 saturated heterocycles. The molecule has 0 aliphatic heterocycles. The van der Waals surface area contributed by atoms with E-state index in [0.29, 0.717) is 0 Å². The molecule has 0 aromatic carbocycles. The van der Waals surface area contributed by atoms with Crippen molar-refractivity contribution in [3.63, 3.8) is 0 Å². The van der Waals surface area contributed by atoms with E-state index in [1.165, 1.54) is 6.92 Å². The van der Waals surface area contributed by atoms with Gasteiger partial charge in [-0.1, -0.05) is 0 Å². The van der Waals surface area contributed by atoms with Gasteiger partial charge in [0.2, 0.25) is 11.2 Å². The Morgan fingerprint density at radius 2 is 1.73 bits per heavy atom. The molecule has 0 unspecified atom stereocenters. The topological polar surface area (TPSA) is 90.9 Å². The van der Waals surface area contributed by atoms with Crippen molar-refractivity contribution in [1.82, 2.24) is 0 Å². The molecule has 3 N–H and O–H groups in total. The first-order chi connectivity index (χ1) is 5.04. The summed E-state index contributed by atoms with van der Waals surface area (Å²) < 4.78 is 4.18. The molecule has 0 aliphatic rings. The molecule has 0 aliphatic carbocycles. The summed E-state index contributed by atoms with van der Waals surface area (Å²) in [6.45, 7) is 1.26. The largest absolute Gasteiger partial charge is 0.499 e. The molecule has 1 aromatic rings. The van der Waals surface area contributed by atoms with E-state index in [1.54, 1.807) is 0 Å². The van der Waals surface area contributed by atoms with Crippen molar-refractivity contribution in [1.29, 1.82) is 0 Å². The first-order valence-electron chi connectivity index (χ1n) is 2.78. The minimum atomic E-state index is -0.974. The van der Waals surface area contributed by atoms with Crippen molar-refractivity contribution in [3.8, 4) is 17.6 Å². The fraction of sp³-hybridized carbons (Fsp3) is 0.167. The highest BCUT2D eigenvalue weighted by Crippen LogP contribution is 2.26. The molecule has 5 nitrogen and oxygen atoms in total. The van der Waals surface area contributed by atoms with Crippen LogP contribution in [0.5, 0.6) is 17.6 Å². The Kier molecular flexibility index (Phi) is 1.48. The van der Waals surface area contributed by atoms with Crippen LogP contribution in [-0.4, -0.2) is 15.3 Å². The molecule has 5 heteroatoms. The maximum Gasteiger partial charge on any atom is 0.333 e. The minimum Gasteiger partial charge on any atom is -0.499 e. The van der Waals surface area contributed by atoms with Crippen LogP contribution in [0.2, 0.25) is 0 Å². The summed E-state index contributed by atoms with van der Waals surface area (Å²) in [5, 5.41) is 26.1. The highest BCUT2D eigenvalue weighted by Gasteiger charge is 2.13. The third-order valence-corrected chi connectivity index (χ3v) is 1.27. The first kappa shape index (κ1) is 7.46. The van der Waals surface area contributed by atoms with E-state index in [0.717, 1.165) is 0 Å². The van der Waals surface area contributed by atoms with E-state index in [2.05, 4.69) is 4.42 Å². The fourth-order valence-electron chi connectivity index (χ4n) is 0.588. The Labute approximate surface area is 61.1 Å². The van der Waals surface area contributed by atoms with Crippen molar-refractivity contribution in [2.45, 2.75) is 6.92 Å². The number of hydrogen-bond donors (Lipinski definition) is 3. The SMILES string of the molecule is Cc1c(O)oc(O)c(O)c1=O. The zero-order valence-electron chi connectivity index (χ0n) is 5.66. The van der Waals surface area contributed by atoms with Gasteiger partial charge in [0, 0.05) is 0 Å². The molecule has 1 rings (SSSR count).